The SMILES string of the molecule is CCc1nsc(N2CCN(C(=NC)NCCc3ccc(OC)cc3O)CC2)n1.I. The predicted octanol–water partition coefficient (Wildman–Crippen LogP) is 2.37. The van der Waals surface area contributed by atoms with Gasteiger partial charge in [-0.15, -0.1) is 24.0 Å². The second kappa shape index (κ2) is 11.4. The molecule has 1 aromatic heterocycles. The van der Waals surface area contributed by atoms with Crippen LogP contribution in [0.5, 0.6) is 11.5 Å². The zero-order valence-electron chi connectivity index (χ0n) is 17.1. The summed E-state index contributed by atoms with van der Waals surface area (Å²) < 4.78 is 9.50. The third-order valence-electron chi connectivity index (χ3n) is 4.81. The van der Waals surface area contributed by atoms with Gasteiger partial charge in [0, 0.05) is 63.8 Å². The smallest absolute Gasteiger partial charge is 0.205 e. The zero-order valence-corrected chi connectivity index (χ0v) is 20.2. The number of methoxy groups -OCH3 is 1. The Morgan fingerprint density at radius 3 is 2.66 bits per heavy atom. The van der Waals surface area contributed by atoms with Crippen LogP contribution in [0.1, 0.15) is 18.3 Å². The predicted molar refractivity (Wildman–Crippen MR) is 128 cm³/mol. The molecule has 8 nitrogen and oxygen atoms in total. The Bertz CT molecular complexity index is 808. The lowest BCUT2D eigenvalue weighted by Gasteiger charge is -2.36. The number of ether oxygens (including phenoxy) is 1. The first-order valence-corrected chi connectivity index (χ1v) is 10.3. The minimum atomic E-state index is 0. The van der Waals surface area contributed by atoms with Crippen LogP contribution in [-0.2, 0) is 12.8 Å². The lowest BCUT2D eigenvalue weighted by molar-refractivity contribution is 0.372. The van der Waals surface area contributed by atoms with Crippen molar-refractivity contribution in [2.45, 2.75) is 19.8 Å². The minimum absolute atomic E-state index is 0. The van der Waals surface area contributed by atoms with Crippen LogP contribution in [0.25, 0.3) is 0 Å². The highest BCUT2D eigenvalue weighted by Crippen LogP contribution is 2.23. The molecule has 2 heterocycles. The zero-order chi connectivity index (χ0) is 19.9. The summed E-state index contributed by atoms with van der Waals surface area (Å²) in [6.45, 7) is 6.34. The number of anilines is 1. The minimum Gasteiger partial charge on any atom is -0.508 e. The summed E-state index contributed by atoms with van der Waals surface area (Å²) in [7, 11) is 3.39. The third kappa shape index (κ3) is 6.08. The van der Waals surface area contributed by atoms with E-state index in [-0.39, 0.29) is 29.7 Å². The number of aromatic nitrogens is 2. The molecule has 1 saturated heterocycles. The lowest BCUT2D eigenvalue weighted by atomic mass is 10.1. The van der Waals surface area contributed by atoms with Crippen LogP contribution in [0.2, 0.25) is 0 Å². The summed E-state index contributed by atoms with van der Waals surface area (Å²) in [5.41, 5.74) is 0.886. The molecule has 1 aromatic carbocycles. The van der Waals surface area contributed by atoms with Crippen molar-refractivity contribution < 1.29 is 9.84 Å². The van der Waals surface area contributed by atoms with Crippen molar-refractivity contribution in [2.75, 3.05) is 51.8 Å². The van der Waals surface area contributed by atoms with Gasteiger partial charge in [0.1, 0.15) is 17.3 Å². The maximum Gasteiger partial charge on any atom is 0.205 e. The number of piperazine rings is 1. The molecule has 1 fully saturated rings. The Morgan fingerprint density at radius 2 is 2.07 bits per heavy atom. The highest BCUT2D eigenvalue weighted by atomic mass is 127. The molecule has 0 radical (unpaired) electrons. The quantitative estimate of drug-likeness (QED) is 0.336. The molecule has 0 atom stereocenters. The van der Waals surface area contributed by atoms with Crippen molar-refractivity contribution >= 4 is 46.6 Å². The number of nitrogens with zero attached hydrogens (tertiary/aromatic N) is 5. The number of phenols is 1. The van der Waals surface area contributed by atoms with E-state index >= 15 is 0 Å². The van der Waals surface area contributed by atoms with Gasteiger partial charge in [0.2, 0.25) is 5.13 Å². The van der Waals surface area contributed by atoms with Crippen molar-refractivity contribution in [3.05, 3.63) is 29.6 Å². The molecule has 1 aliphatic heterocycles. The van der Waals surface area contributed by atoms with Crippen molar-refractivity contribution in [2.24, 2.45) is 4.99 Å². The largest absolute Gasteiger partial charge is 0.508 e. The van der Waals surface area contributed by atoms with Gasteiger partial charge in [-0.05, 0) is 18.1 Å². The Morgan fingerprint density at radius 1 is 1.31 bits per heavy atom. The number of aliphatic imine (C=N–C) groups is 1. The van der Waals surface area contributed by atoms with Crippen LogP contribution in [0.4, 0.5) is 5.13 Å². The van der Waals surface area contributed by atoms with Crippen molar-refractivity contribution in [3.63, 3.8) is 0 Å². The van der Waals surface area contributed by atoms with Crippen LogP contribution in [0.15, 0.2) is 23.2 Å². The van der Waals surface area contributed by atoms with E-state index in [9.17, 15) is 5.11 Å². The second-order valence-electron chi connectivity index (χ2n) is 6.54. The molecule has 1 aliphatic rings. The van der Waals surface area contributed by atoms with E-state index in [1.54, 1.807) is 20.2 Å². The van der Waals surface area contributed by atoms with Crippen LogP contribution in [-0.4, -0.2) is 72.2 Å². The van der Waals surface area contributed by atoms with Gasteiger partial charge in [-0.25, -0.2) is 4.98 Å². The molecule has 0 amide bonds. The van der Waals surface area contributed by atoms with Crippen molar-refractivity contribution in [1.82, 2.24) is 19.6 Å². The first-order chi connectivity index (χ1) is 13.6. The molecule has 10 heteroatoms. The average molecular weight is 532 g/mol. The summed E-state index contributed by atoms with van der Waals surface area (Å²) in [5.74, 6) is 2.72. The molecule has 0 spiro atoms. The molecule has 160 valence electrons. The summed E-state index contributed by atoms with van der Waals surface area (Å²) >= 11 is 1.48. The van der Waals surface area contributed by atoms with E-state index < -0.39 is 0 Å². The number of rotatable bonds is 6. The molecule has 3 rings (SSSR count). The fourth-order valence-corrected chi connectivity index (χ4v) is 3.95. The maximum absolute atomic E-state index is 10.1. The van der Waals surface area contributed by atoms with Crippen LogP contribution >= 0.6 is 35.5 Å². The number of phenolic OH excluding ortho intramolecular Hbond substituents is 1. The van der Waals surface area contributed by atoms with Gasteiger partial charge >= 0.3 is 0 Å². The summed E-state index contributed by atoms with van der Waals surface area (Å²) in [5, 5.41) is 14.5. The normalized spacial score (nSPS) is 14.5. The maximum atomic E-state index is 10.1. The Labute approximate surface area is 193 Å². The number of hydrogen-bond acceptors (Lipinski definition) is 7. The van der Waals surface area contributed by atoms with Gasteiger partial charge in [-0.1, -0.05) is 13.0 Å². The van der Waals surface area contributed by atoms with Crippen molar-refractivity contribution in [3.8, 4) is 11.5 Å². The number of hydrogen-bond donors (Lipinski definition) is 2. The van der Waals surface area contributed by atoms with Gasteiger partial charge in [0.25, 0.3) is 0 Å². The number of nitrogens with one attached hydrogen (secondary N) is 1. The van der Waals surface area contributed by atoms with Gasteiger partial charge < -0.3 is 25.0 Å². The Balaban J connectivity index is 0.00000300. The summed E-state index contributed by atoms with van der Waals surface area (Å²) in [4.78, 5) is 13.5. The van der Waals surface area contributed by atoms with E-state index in [2.05, 4.69) is 36.4 Å². The summed E-state index contributed by atoms with van der Waals surface area (Å²) in [6, 6.07) is 5.39. The Kier molecular flexibility index (Phi) is 9.21. The topological polar surface area (TPSA) is 86.1 Å². The van der Waals surface area contributed by atoms with E-state index in [1.165, 1.54) is 11.5 Å². The van der Waals surface area contributed by atoms with Crippen LogP contribution in [0.3, 0.4) is 0 Å². The number of benzene rings is 1. The van der Waals surface area contributed by atoms with E-state index in [1.807, 2.05) is 12.1 Å². The lowest BCUT2D eigenvalue weighted by Crippen LogP contribution is -2.52. The third-order valence-corrected chi connectivity index (χ3v) is 5.62. The van der Waals surface area contributed by atoms with E-state index in [0.717, 1.165) is 55.1 Å². The highest BCUT2D eigenvalue weighted by Gasteiger charge is 2.22. The number of halogens is 1. The highest BCUT2D eigenvalue weighted by molar-refractivity contribution is 14.0. The first-order valence-electron chi connectivity index (χ1n) is 9.53. The number of guanidine groups is 1. The summed E-state index contributed by atoms with van der Waals surface area (Å²) in [6.07, 6.45) is 1.58. The van der Waals surface area contributed by atoms with Gasteiger partial charge in [-0.2, -0.15) is 4.37 Å². The number of aryl methyl sites for hydroxylation is 1. The molecular weight excluding hydrogens is 503 g/mol. The van der Waals surface area contributed by atoms with Gasteiger partial charge in [0.15, 0.2) is 5.96 Å². The van der Waals surface area contributed by atoms with Gasteiger partial charge in [0.05, 0.1) is 7.11 Å². The fourth-order valence-electron chi connectivity index (χ4n) is 3.15. The molecule has 29 heavy (non-hydrogen) atoms. The molecule has 0 aliphatic carbocycles. The fraction of sp³-hybridized carbons (Fsp3) is 0.526. The molecule has 0 bridgehead atoms. The average Bonchev–Trinajstić information content (AvgIpc) is 3.21. The number of aromatic hydroxyl groups is 1. The molecule has 2 N–H and O–H groups in total. The molecule has 0 saturated carbocycles. The van der Waals surface area contributed by atoms with E-state index in [0.29, 0.717) is 18.7 Å². The van der Waals surface area contributed by atoms with Crippen molar-refractivity contribution in [1.29, 1.82) is 0 Å². The van der Waals surface area contributed by atoms with Gasteiger partial charge in [-0.3, -0.25) is 4.99 Å². The molecule has 0 unspecified atom stereocenters. The molecular formula is C19H29IN6O2S. The standard InChI is InChI=1S/C19H28N6O2S.HI/c1-4-17-22-19(28-23-17)25-11-9-24(10-12-25)18(20-2)21-8-7-14-5-6-15(27-3)13-16(14)26;/h5-6,13,26H,4,7-12H2,1-3H3,(H,20,21);1H. The first kappa shape index (κ1) is 23.5. The molecule has 2 aromatic rings. The van der Waals surface area contributed by atoms with Crippen LogP contribution < -0.4 is 15.0 Å². The monoisotopic (exact) mass is 532 g/mol. The van der Waals surface area contributed by atoms with Crippen LogP contribution in [0, 0.1) is 0 Å². The second-order valence-corrected chi connectivity index (χ2v) is 7.27. The van der Waals surface area contributed by atoms with E-state index in [4.69, 9.17) is 4.74 Å². The Hall–Kier alpha value is -1.82.